The van der Waals surface area contributed by atoms with Crippen LogP contribution in [0.2, 0.25) is 0 Å². The van der Waals surface area contributed by atoms with Crippen molar-refractivity contribution in [3.63, 3.8) is 0 Å². The Morgan fingerprint density at radius 1 is 1.56 bits per heavy atom. The van der Waals surface area contributed by atoms with Crippen LogP contribution >= 0.6 is 8.93 Å². The third-order valence-electron chi connectivity index (χ3n) is 1.72. The van der Waals surface area contributed by atoms with E-state index < -0.39 is 45.0 Å². The minimum absolute atomic E-state index is 0.0136. The van der Waals surface area contributed by atoms with Crippen LogP contribution in [0.3, 0.4) is 0 Å². The standard InChI is InChI=1S/C8H13INO5S/c1-4(11)7(13)10-5(8(14)15)2-3-6(12)16-9/h4-5,9,11H,2-3H2,1H3,(H,10,13)(H,14,15)/q-1/t4-,5-/m0/s1/i9T. The topological polar surface area (TPSA) is 104 Å². The molecule has 0 rings (SSSR count). The van der Waals surface area contributed by atoms with E-state index in [9.17, 15) is 14.4 Å². The van der Waals surface area contributed by atoms with Gasteiger partial charge in [-0.15, -0.1) is 0 Å². The predicted octanol–water partition coefficient (Wildman–Crippen LogP) is -3.82. The summed E-state index contributed by atoms with van der Waals surface area (Å²) in [5, 5.41) is 19.6. The van der Waals surface area contributed by atoms with Gasteiger partial charge in [-0.1, -0.05) is 0 Å². The average Bonchev–Trinajstić information content (AvgIpc) is 2.23. The van der Waals surface area contributed by atoms with Gasteiger partial charge in [-0.05, 0) is 0 Å². The molecule has 94 valence electrons. The third kappa shape index (κ3) is 6.28. The number of halogens is 1. The van der Waals surface area contributed by atoms with Gasteiger partial charge in [0, 0.05) is 0 Å². The molecule has 0 saturated heterocycles. The van der Waals surface area contributed by atoms with Crippen LogP contribution in [0.5, 0.6) is 0 Å². The van der Waals surface area contributed by atoms with Gasteiger partial charge in [0.25, 0.3) is 0 Å². The first-order chi connectivity index (χ1) is 7.88. The Morgan fingerprint density at radius 3 is 2.62 bits per heavy atom. The van der Waals surface area contributed by atoms with Crippen LogP contribution in [0, 0.1) is 0 Å². The Hall–Kier alpha value is -0.350. The molecule has 8 heteroatoms. The summed E-state index contributed by atoms with van der Waals surface area (Å²) in [4.78, 5) is 33.0. The summed E-state index contributed by atoms with van der Waals surface area (Å²) in [6.07, 6.45) is -1.34. The van der Waals surface area contributed by atoms with E-state index in [0.717, 1.165) is 8.93 Å². The molecule has 1 amide bonds. The van der Waals surface area contributed by atoms with Crippen molar-refractivity contribution in [2.75, 3.05) is 0 Å². The van der Waals surface area contributed by atoms with Gasteiger partial charge in [0.1, 0.15) is 0 Å². The van der Waals surface area contributed by atoms with Crippen molar-refractivity contribution in [2.45, 2.75) is 31.9 Å². The SMILES string of the molecule is [3H][I-]SC(=O)CC[C@H](NC(=O)[C@H](C)O)C(=O)O. The van der Waals surface area contributed by atoms with Crippen LogP contribution in [0.15, 0.2) is 0 Å². The van der Waals surface area contributed by atoms with E-state index in [-0.39, 0.29) is 18.0 Å². The maximum absolute atomic E-state index is 11.1. The molecule has 0 unspecified atom stereocenters. The molecule has 0 aromatic carbocycles. The Bertz CT molecular complexity index is 302. The fourth-order valence-corrected chi connectivity index (χ4v) is 1.71. The summed E-state index contributed by atoms with van der Waals surface area (Å²) in [5.74, 6) is -2.04. The first-order valence-electron chi connectivity index (χ1n) is 4.79. The first-order valence-corrected chi connectivity index (χ1v) is 7.77. The van der Waals surface area contributed by atoms with Gasteiger partial charge in [0.05, 0.1) is 0 Å². The molecule has 3 N–H and O–H groups in total. The van der Waals surface area contributed by atoms with Crippen molar-refractivity contribution in [3.8, 4) is 0 Å². The molecule has 16 heavy (non-hydrogen) atoms. The predicted molar refractivity (Wildman–Crippen MR) is 54.5 cm³/mol. The van der Waals surface area contributed by atoms with Gasteiger partial charge in [-0.2, -0.15) is 0 Å². The number of hydrogen-bond acceptors (Lipinski definition) is 5. The molecule has 0 spiro atoms. The molecular weight excluding hydrogens is 349 g/mol. The molecule has 6 nitrogen and oxygen atoms in total. The van der Waals surface area contributed by atoms with Crippen LogP contribution < -0.4 is 26.3 Å². The van der Waals surface area contributed by atoms with Crippen molar-refractivity contribution in [3.05, 3.63) is 0 Å². The number of hydrogen-bond donors (Lipinski definition) is 3. The number of amides is 1. The zero-order chi connectivity index (χ0) is 13.4. The fourth-order valence-electron chi connectivity index (χ4n) is 0.850. The molecule has 0 fully saturated rings. The zero-order valence-electron chi connectivity index (χ0n) is 9.47. The van der Waals surface area contributed by atoms with Gasteiger partial charge in [-0.25, -0.2) is 0 Å². The van der Waals surface area contributed by atoms with E-state index in [1.54, 1.807) is 0 Å². The zero-order valence-corrected chi connectivity index (χ0v) is 11.4. The molecule has 0 radical (unpaired) electrons. The molecular formula is C8H13INO5S-. The molecule has 0 aliphatic carbocycles. The van der Waals surface area contributed by atoms with Gasteiger partial charge in [0.2, 0.25) is 0 Å². The Labute approximate surface area is 109 Å². The number of aliphatic carboxylic acids is 1. The van der Waals surface area contributed by atoms with E-state index >= 15 is 0 Å². The number of aliphatic hydroxyl groups is 1. The van der Waals surface area contributed by atoms with Crippen LogP contribution in [0.4, 0.5) is 0 Å². The molecule has 0 saturated carbocycles. The molecule has 0 aliphatic heterocycles. The van der Waals surface area contributed by atoms with E-state index in [1.165, 1.54) is 6.92 Å². The first kappa shape index (κ1) is 13.7. The summed E-state index contributed by atoms with van der Waals surface area (Å²) >= 11 is -0.966. The van der Waals surface area contributed by atoms with E-state index in [2.05, 4.69) is 5.32 Å². The summed E-state index contributed by atoms with van der Waals surface area (Å²) in [7, 11) is 0.893. The summed E-state index contributed by atoms with van der Waals surface area (Å²) in [5.41, 5.74) is 0. The minimum atomic E-state index is -1.29. The average molecular weight is 364 g/mol. The second-order valence-corrected chi connectivity index (χ2v) is 4.99. The molecule has 0 aliphatic rings. The van der Waals surface area contributed by atoms with Gasteiger partial charge in [0.15, 0.2) is 0 Å². The molecule has 2 atom stereocenters. The van der Waals surface area contributed by atoms with E-state index in [4.69, 9.17) is 10.8 Å². The van der Waals surface area contributed by atoms with Crippen LogP contribution in [0.25, 0.3) is 0 Å². The van der Waals surface area contributed by atoms with E-state index in [1.807, 2.05) is 0 Å². The summed E-state index contributed by atoms with van der Waals surface area (Å²) in [6, 6.07) is -1.19. The summed E-state index contributed by atoms with van der Waals surface area (Å²) in [6.45, 7) is 1.22. The van der Waals surface area contributed by atoms with Crippen LogP contribution in [-0.4, -0.2) is 39.9 Å². The monoisotopic (exact) mass is 364 g/mol. The second kappa shape index (κ2) is 7.85. The normalized spacial score (nSPS) is 15.0. The van der Waals surface area contributed by atoms with Crippen molar-refractivity contribution >= 4 is 25.9 Å². The fraction of sp³-hybridized carbons (Fsp3) is 0.625. The quantitative estimate of drug-likeness (QED) is 0.400. The number of rotatable bonds is 7. The van der Waals surface area contributed by atoms with Crippen molar-refractivity contribution in [2.24, 2.45) is 0 Å². The van der Waals surface area contributed by atoms with E-state index in [0.29, 0.717) is 0 Å². The summed E-state index contributed by atoms with van der Waals surface area (Å²) < 4.78 is 6.91. The third-order valence-corrected chi connectivity index (χ3v) is 3.57. The Balaban J connectivity index is 4.21. The molecule has 0 bridgehead atoms. The number of carboxylic acids is 1. The van der Waals surface area contributed by atoms with Crippen LogP contribution in [0.1, 0.15) is 19.8 Å². The Kier molecular flexibility index (Phi) is 6.73. The Morgan fingerprint density at radius 2 is 2.19 bits per heavy atom. The second-order valence-electron chi connectivity index (χ2n) is 3.06. The maximum atomic E-state index is 11.1. The number of nitrogens with one attached hydrogen (secondary N) is 1. The number of carboxylic acid groups (broad SMARTS) is 1. The number of carbonyl (C=O) groups is 3. The molecule has 0 aromatic rings. The van der Waals surface area contributed by atoms with Crippen molar-refractivity contribution < 1.29 is 45.6 Å². The van der Waals surface area contributed by atoms with Crippen LogP contribution in [-0.2, 0) is 14.4 Å². The molecule has 0 aromatic heterocycles. The number of carbonyl (C=O) groups excluding carboxylic acids is 2. The van der Waals surface area contributed by atoms with Gasteiger partial charge in [-0.3, -0.25) is 0 Å². The number of aliphatic hydroxyl groups excluding tert-OH is 1. The van der Waals surface area contributed by atoms with Crippen molar-refractivity contribution in [1.29, 1.82) is 0.594 Å². The molecule has 0 heterocycles. The van der Waals surface area contributed by atoms with Gasteiger partial charge >= 0.3 is 109 Å². The van der Waals surface area contributed by atoms with Crippen molar-refractivity contribution in [1.82, 2.24) is 5.32 Å². The van der Waals surface area contributed by atoms with Gasteiger partial charge < -0.3 is 0 Å².